The Bertz CT molecular complexity index is 1650. The topological polar surface area (TPSA) is 111 Å². The molecule has 9 nitrogen and oxygen atoms in total. The first-order valence-electron chi connectivity index (χ1n) is 17.4. The van der Waals surface area contributed by atoms with E-state index in [9.17, 15) is 18.0 Å². The monoisotopic (exact) mass is 698 g/mol. The van der Waals surface area contributed by atoms with Gasteiger partial charge in [0.05, 0.1) is 43.3 Å². The lowest BCUT2D eigenvalue weighted by Crippen LogP contribution is -2.49. The Balaban J connectivity index is 1.37. The number of hydrogen-bond donors (Lipinski definition) is 1. The van der Waals surface area contributed by atoms with Crippen molar-refractivity contribution < 1.29 is 32.2 Å². The second kappa shape index (κ2) is 14.8. The van der Waals surface area contributed by atoms with Gasteiger partial charge in [0.2, 0.25) is 10.0 Å². The minimum atomic E-state index is -3.92. The van der Waals surface area contributed by atoms with Gasteiger partial charge in [0, 0.05) is 29.1 Å². The zero-order valence-corrected chi connectivity index (χ0v) is 29.5. The van der Waals surface area contributed by atoms with Gasteiger partial charge in [-0.15, -0.1) is 0 Å². The molecule has 2 bridgehead atoms. The lowest BCUT2D eigenvalue weighted by atomic mass is 9.68. The molecule has 1 amide bonds. The van der Waals surface area contributed by atoms with E-state index in [0.29, 0.717) is 50.7 Å². The highest BCUT2D eigenvalue weighted by Gasteiger charge is 2.44. The van der Waals surface area contributed by atoms with Crippen molar-refractivity contribution in [1.29, 1.82) is 0 Å². The second-order valence-electron chi connectivity index (χ2n) is 13.7. The maximum absolute atomic E-state index is 13.5. The Morgan fingerprint density at radius 2 is 2.00 bits per heavy atom. The van der Waals surface area contributed by atoms with Crippen molar-refractivity contribution in [3.05, 3.63) is 70.3 Å². The van der Waals surface area contributed by atoms with Crippen molar-refractivity contribution in [2.75, 3.05) is 37.8 Å². The fourth-order valence-corrected chi connectivity index (χ4v) is 9.61. The van der Waals surface area contributed by atoms with Crippen LogP contribution in [0.4, 0.5) is 5.69 Å². The molecule has 48 heavy (non-hydrogen) atoms. The molecule has 0 saturated heterocycles. The number of nitrogens with zero attached hydrogens (tertiary/aromatic N) is 1. The number of esters is 1. The Morgan fingerprint density at radius 3 is 2.77 bits per heavy atom. The number of nitrogens with one attached hydrogen (secondary N) is 1. The molecular formula is C37H47ClN2O7S. The molecule has 2 aromatic rings. The van der Waals surface area contributed by atoms with E-state index in [1.165, 1.54) is 11.1 Å². The number of hydrogen-bond acceptors (Lipinski definition) is 8. The van der Waals surface area contributed by atoms with E-state index in [4.69, 9.17) is 25.8 Å². The number of carbonyl (C=O) groups is 2. The molecule has 2 aliphatic carbocycles. The lowest BCUT2D eigenvalue weighted by molar-refractivity contribution is -0.145. The molecule has 5 atom stereocenters. The van der Waals surface area contributed by atoms with Gasteiger partial charge in [-0.05, 0) is 112 Å². The molecule has 0 unspecified atom stereocenters. The summed E-state index contributed by atoms with van der Waals surface area (Å²) in [5, 5.41) is 0.00273. The number of benzene rings is 2. The van der Waals surface area contributed by atoms with E-state index >= 15 is 0 Å². The Labute approximate surface area is 289 Å². The van der Waals surface area contributed by atoms with Crippen LogP contribution < -0.4 is 14.4 Å². The Hall–Kier alpha value is -3.08. The summed E-state index contributed by atoms with van der Waals surface area (Å²) in [6.45, 7) is 6.08. The molecule has 4 aliphatic rings. The zero-order chi connectivity index (χ0) is 33.9. The number of aryl methyl sites for hydroxylation is 1. The van der Waals surface area contributed by atoms with Crippen LogP contribution in [0.1, 0.15) is 86.7 Å². The Morgan fingerprint density at radius 1 is 1.15 bits per heavy atom. The lowest BCUT2D eigenvalue weighted by Gasteiger charge is -2.46. The summed E-state index contributed by atoms with van der Waals surface area (Å²) in [6.07, 6.45) is 10.2. The van der Waals surface area contributed by atoms with Gasteiger partial charge < -0.3 is 19.1 Å². The van der Waals surface area contributed by atoms with Crippen LogP contribution in [0.3, 0.4) is 0 Å². The SMILES string of the molecule is CCOC(=O)CCO[C@H]1/C=C/CC[C@@H](CC)S(=O)(=O)NC(=O)c2ccc3c(c2)N(C[C@@H]2CC[C@H]21)C[C@@]1(CCCc2cc(Cl)ccc21)CO3. The molecule has 2 heterocycles. The molecule has 260 valence electrons. The van der Waals surface area contributed by atoms with Crippen molar-refractivity contribution in [3.63, 3.8) is 0 Å². The van der Waals surface area contributed by atoms with Crippen LogP contribution in [0.25, 0.3) is 0 Å². The van der Waals surface area contributed by atoms with Gasteiger partial charge in [0.25, 0.3) is 5.91 Å². The standard InChI is InChI=1S/C37H47ClN2O7S/c1-3-29-9-5-6-10-33(46-19-17-35(41)45-4-2)30-14-11-27(30)22-40-23-37(18-7-8-25-20-28(38)13-15-31(25)37)24-47-34-16-12-26(21-32(34)40)36(42)39-48(29,43)44/h6,10,12-13,15-16,20-21,27,29-30,33H,3-5,7-9,11,14,17-19,22-24H2,1-2H3,(H,39,42)/b10-6+/t27-,29+,30+,33-,37-/m0/s1. The van der Waals surface area contributed by atoms with E-state index in [0.717, 1.165) is 49.4 Å². The summed E-state index contributed by atoms with van der Waals surface area (Å²) in [6, 6.07) is 11.4. The number of halogens is 1. The van der Waals surface area contributed by atoms with Crippen molar-refractivity contribution in [2.24, 2.45) is 11.8 Å². The summed E-state index contributed by atoms with van der Waals surface area (Å²) in [7, 11) is -3.92. The number of allylic oxidation sites excluding steroid dienone is 1. The summed E-state index contributed by atoms with van der Waals surface area (Å²) in [4.78, 5) is 27.9. The third kappa shape index (κ3) is 7.41. The first kappa shape index (κ1) is 34.8. The predicted molar refractivity (Wildman–Crippen MR) is 186 cm³/mol. The van der Waals surface area contributed by atoms with E-state index in [1.54, 1.807) is 25.1 Å². The first-order valence-corrected chi connectivity index (χ1v) is 19.4. The average molecular weight is 699 g/mol. The van der Waals surface area contributed by atoms with E-state index < -0.39 is 21.2 Å². The number of carbonyl (C=O) groups excluding carboxylic acids is 2. The summed E-state index contributed by atoms with van der Waals surface area (Å²) in [5.74, 6) is 0.279. The molecule has 1 fully saturated rings. The van der Waals surface area contributed by atoms with Gasteiger partial charge >= 0.3 is 5.97 Å². The van der Waals surface area contributed by atoms with Gasteiger partial charge in [0.15, 0.2) is 0 Å². The maximum atomic E-state index is 13.5. The van der Waals surface area contributed by atoms with Crippen LogP contribution in [0.2, 0.25) is 5.02 Å². The molecular weight excluding hydrogens is 652 g/mol. The largest absolute Gasteiger partial charge is 0.490 e. The normalized spacial score (nSPS) is 28.9. The van der Waals surface area contributed by atoms with Crippen LogP contribution in [0, 0.1) is 11.8 Å². The summed E-state index contributed by atoms with van der Waals surface area (Å²) >= 11 is 6.43. The molecule has 1 N–H and O–H groups in total. The van der Waals surface area contributed by atoms with Crippen molar-refractivity contribution >= 4 is 39.2 Å². The highest BCUT2D eigenvalue weighted by atomic mass is 35.5. The highest BCUT2D eigenvalue weighted by Crippen LogP contribution is 2.47. The van der Waals surface area contributed by atoms with Crippen LogP contribution in [-0.2, 0) is 36.1 Å². The van der Waals surface area contributed by atoms with Crippen LogP contribution in [0.5, 0.6) is 5.75 Å². The number of rotatable bonds is 6. The van der Waals surface area contributed by atoms with Crippen LogP contribution in [-0.4, -0.2) is 64.6 Å². The van der Waals surface area contributed by atoms with Crippen molar-refractivity contribution in [2.45, 2.75) is 88.4 Å². The molecule has 6 rings (SSSR count). The first-order chi connectivity index (χ1) is 23.1. The smallest absolute Gasteiger partial charge is 0.308 e. The molecule has 0 radical (unpaired) electrons. The van der Waals surface area contributed by atoms with Gasteiger partial charge in [-0.3, -0.25) is 9.59 Å². The van der Waals surface area contributed by atoms with Gasteiger partial charge in [0.1, 0.15) is 5.75 Å². The second-order valence-corrected chi connectivity index (χ2v) is 16.1. The van der Waals surface area contributed by atoms with Crippen LogP contribution >= 0.6 is 11.6 Å². The van der Waals surface area contributed by atoms with Crippen molar-refractivity contribution in [1.82, 2.24) is 4.72 Å². The maximum Gasteiger partial charge on any atom is 0.308 e. The van der Waals surface area contributed by atoms with E-state index in [2.05, 4.69) is 21.8 Å². The molecule has 0 aromatic heterocycles. The quantitative estimate of drug-likeness (QED) is 0.274. The number of fused-ring (bicyclic) bond motifs is 4. The van der Waals surface area contributed by atoms with Gasteiger partial charge in [-0.25, -0.2) is 13.1 Å². The average Bonchev–Trinajstić information content (AvgIpc) is 3.19. The fraction of sp³-hybridized carbons (Fsp3) is 0.568. The minimum Gasteiger partial charge on any atom is -0.490 e. The van der Waals surface area contributed by atoms with Crippen LogP contribution in [0.15, 0.2) is 48.6 Å². The van der Waals surface area contributed by atoms with Gasteiger partial charge in [-0.1, -0.05) is 36.7 Å². The molecule has 1 saturated carbocycles. The number of amides is 1. The number of anilines is 1. The molecule has 1 spiro atoms. The summed E-state index contributed by atoms with van der Waals surface area (Å²) in [5.41, 5.74) is 3.28. The zero-order valence-electron chi connectivity index (χ0n) is 27.9. The van der Waals surface area contributed by atoms with Crippen molar-refractivity contribution in [3.8, 4) is 5.75 Å². The van der Waals surface area contributed by atoms with Gasteiger partial charge in [-0.2, -0.15) is 0 Å². The minimum absolute atomic E-state index is 0.178. The third-order valence-corrected chi connectivity index (χ3v) is 12.8. The number of sulfonamides is 1. The number of ether oxygens (including phenoxy) is 3. The predicted octanol–water partition coefficient (Wildman–Crippen LogP) is 6.37. The highest BCUT2D eigenvalue weighted by molar-refractivity contribution is 7.90. The molecule has 11 heteroatoms. The molecule has 2 aromatic carbocycles. The van der Waals surface area contributed by atoms with E-state index in [1.807, 2.05) is 25.1 Å². The van der Waals surface area contributed by atoms with E-state index in [-0.39, 0.29) is 42.0 Å². The fourth-order valence-electron chi connectivity index (χ4n) is 7.99. The third-order valence-electron chi connectivity index (χ3n) is 10.7. The Kier molecular flexibility index (Phi) is 10.7. The summed E-state index contributed by atoms with van der Waals surface area (Å²) < 4.78 is 47.2. The molecule has 2 aliphatic heterocycles.